The molecule has 0 bridgehead atoms. The smallest absolute Gasteiger partial charge is 0.390 e. The van der Waals surface area contributed by atoms with Crippen molar-refractivity contribution in [3.63, 3.8) is 0 Å². The molecule has 0 aliphatic carbocycles. The maximum absolute atomic E-state index is 11.8. The van der Waals surface area contributed by atoms with Gasteiger partial charge in [-0.15, -0.1) is 0 Å². The van der Waals surface area contributed by atoms with Crippen LogP contribution in [0.25, 0.3) is 0 Å². The summed E-state index contributed by atoms with van der Waals surface area (Å²) in [4.78, 5) is 23.7. The first kappa shape index (κ1) is 23.2. The van der Waals surface area contributed by atoms with Crippen molar-refractivity contribution in [2.45, 2.75) is 65.2 Å². The largest absolute Gasteiger partial charge is 0.417 e. The molecule has 158 valence electrons. The summed E-state index contributed by atoms with van der Waals surface area (Å²) >= 11 is 0. The van der Waals surface area contributed by atoms with E-state index in [0.717, 1.165) is 25.7 Å². The summed E-state index contributed by atoms with van der Waals surface area (Å²) in [5, 5.41) is 0. The van der Waals surface area contributed by atoms with E-state index in [1.807, 2.05) is 24.3 Å². The third-order valence-electron chi connectivity index (χ3n) is 4.67. The lowest BCUT2D eigenvalue weighted by Gasteiger charge is -2.04. The number of carbonyl (C=O) groups is 2. The van der Waals surface area contributed by atoms with Crippen LogP contribution in [0.3, 0.4) is 0 Å². The van der Waals surface area contributed by atoms with E-state index in [9.17, 15) is 9.59 Å². The van der Waals surface area contributed by atoms with Crippen LogP contribution in [-0.4, -0.2) is 11.9 Å². The average molecular weight is 407 g/mol. The number of carbonyl (C=O) groups excluding carboxylic acids is 2. The Morgan fingerprint density at radius 2 is 1.00 bits per heavy atom. The van der Waals surface area contributed by atoms with Crippen molar-refractivity contribution in [2.75, 3.05) is 0 Å². The van der Waals surface area contributed by atoms with Gasteiger partial charge in [-0.2, -0.15) is 0 Å². The molecule has 0 atom stereocenters. The fourth-order valence-corrected chi connectivity index (χ4v) is 2.97. The lowest BCUT2D eigenvalue weighted by atomic mass is 10.1. The number of hydrogen-bond donors (Lipinski definition) is 0. The molecule has 0 heterocycles. The van der Waals surface area contributed by atoms with Crippen LogP contribution in [0.1, 0.15) is 63.5 Å². The normalized spacial score (nSPS) is 10.1. The second kappa shape index (κ2) is 13.2. The summed E-state index contributed by atoms with van der Waals surface area (Å²) in [6.07, 6.45) is 9.07. The molecule has 4 heteroatoms. The highest BCUT2D eigenvalue weighted by molar-refractivity contribution is 5.99. The third kappa shape index (κ3) is 8.96. The van der Waals surface area contributed by atoms with Gasteiger partial charge in [0.1, 0.15) is 11.5 Å². The van der Waals surface area contributed by atoms with Crippen molar-refractivity contribution in [2.24, 2.45) is 0 Å². The van der Waals surface area contributed by atoms with E-state index in [1.165, 1.54) is 36.8 Å². The van der Waals surface area contributed by atoms with Crippen LogP contribution in [0.4, 0.5) is 0 Å². The SMILES string of the molecule is CCCCCc1ccc(OC(=O)C#CC(=O)Oc2ccc(CCCCC)cc2)cc1. The van der Waals surface area contributed by atoms with Crippen molar-refractivity contribution in [3.8, 4) is 23.3 Å². The zero-order chi connectivity index (χ0) is 21.6. The maximum atomic E-state index is 11.8. The fraction of sp³-hybridized carbons (Fsp3) is 0.385. The predicted octanol–water partition coefficient (Wildman–Crippen LogP) is 5.67. The van der Waals surface area contributed by atoms with Gasteiger partial charge in [-0.1, -0.05) is 63.8 Å². The van der Waals surface area contributed by atoms with Crippen molar-refractivity contribution in [1.82, 2.24) is 0 Å². The minimum absolute atomic E-state index is 0.403. The van der Waals surface area contributed by atoms with E-state index < -0.39 is 11.9 Å². The Bertz CT molecular complexity index is 783. The Morgan fingerprint density at radius 3 is 1.33 bits per heavy atom. The lowest BCUT2D eigenvalue weighted by molar-refractivity contribution is -0.130. The van der Waals surface area contributed by atoms with E-state index >= 15 is 0 Å². The van der Waals surface area contributed by atoms with Crippen LogP contribution >= 0.6 is 0 Å². The van der Waals surface area contributed by atoms with Gasteiger partial charge in [-0.25, -0.2) is 9.59 Å². The Morgan fingerprint density at radius 1 is 0.633 bits per heavy atom. The zero-order valence-electron chi connectivity index (χ0n) is 17.9. The number of aryl methyl sites for hydroxylation is 2. The number of esters is 2. The molecule has 0 saturated heterocycles. The lowest BCUT2D eigenvalue weighted by Crippen LogP contribution is -2.08. The monoisotopic (exact) mass is 406 g/mol. The van der Waals surface area contributed by atoms with Crippen molar-refractivity contribution < 1.29 is 19.1 Å². The summed E-state index contributed by atoms with van der Waals surface area (Å²) < 4.78 is 10.3. The molecule has 0 radical (unpaired) electrons. The van der Waals surface area contributed by atoms with E-state index in [4.69, 9.17) is 9.47 Å². The molecule has 4 nitrogen and oxygen atoms in total. The summed E-state index contributed by atoms with van der Waals surface area (Å²) in [5.74, 6) is 3.55. The quantitative estimate of drug-likeness (QED) is 0.168. The average Bonchev–Trinajstić information content (AvgIpc) is 2.75. The topological polar surface area (TPSA) is 52.6 Å². The molecule has 0 aliphatic heterocycles. The number of hydrogen-bond acceptors (Lipinski definition) is 4. The van der Waals surface area contributed by atoms with Gasteiger partial charge in [0.25, 0.3) is 0 Å². The molecular weight excluding hydrogens is 376 g/mol. The second-order valence-corrected chi connectivity index (χ2v) is 7.23. The van der Waals surface area contributed by atoms with Crippen LogP contribution < -0.4 is 9.47 Å². The molecule has 0 spiro atoms. The number of unbranched alkanes of at least 4 members (excludes halogenated alkanes) is 4. The Kier molecular flexibility index (Phi) is 10.2. The molecule has 0 aliphatic rings. The summed E-state index contributed by atoms with van der Waals surface area (Å²) in [7, 11) is 0. The molecule has 2 rings (SSSR count). The molecule has 2 aromatic carbocycles. The Hall–Kier alpha value is -3.06. The molecule has 2 aromatic rings. The predicted molar refractivity (Wildman–Crippen MR) is 118 cm³/mol. The minimum Gasteiger partial charge on any atom is -0.417 e. The van der Waals surface area contributed by atoms with E-state index in [1.54, 1.807) is 24.3 Å². The number of rotatable bonds is 10. The summed E-state index contributed by atoms with van der Waals surface area (Å²) in [6.45, 7) is 4.34. The highest BCUT2D eigenvalue weighted by Gasteiger charge is 2.05. The van der Waals surface area contributed by atoms with Crippen molar-refractivity contribution in [3.05, 3.63) is 59.7 Å². The standard InChI is InChI=1S/C26H30O4/c1-3-5-7-9-21-11-15-23(16-12-21)29-25(27)19-20-26(28)30-24-17-13-22(14-18-24)10-8-6-4-2/h11-18H,3-10H2,1-2H3. The minimum atomic E-state index is -0.794. The number of ether oxygens (including phenoxy) is 2. The molecule has 0 fully saturated rings. The van der Waals surface area contributed by atoms with E-state index in [-0.39, 0.29) is 0 Å². The second-order valence-electron chi connectivity index (χ2n) is 7.23. The summed E-state index contributed by atoms with van der Waals surface area (Å²) in [6, 6.07) is 14.7. The fourth-order valence-electron chi connectivity index (χ4n) is 2.97. The van der Waals surface area contributed by atoms with Crippen LogP contribution in [0, 0.1) is 11.8 Å². The highest BCUT2D eigenvalue weighted by atomic mass is 16.5. The maximum Gasteiger partial charge on any atom is 0.390 e. The van der Waals surface area contributed by atoms with Gasteiger partial charge in [0.2, 0.25) is 0 Å². The molecule has 0 aromatic heterocycles. The first-order chi connectivity index (χ1) is 14.6. The third-order valence-corrected chi connectivity index (χ3v) is 4.67. The van der Waals surface area contributed by atoms with Gasteiger partial charge in [-0.3, -0.25) is 0 Å². The van der Waals surface area contributed by atoms with Gasteiger partial charge >= 0.3 is 11.9 Å². The van der Waals surface area contributed by atoms with Gasteiger partial charge in [0, 0.05) is 11.8 Å². The Labute approximate surface area is 179 Å². The molecule has 0 unspecified atom stereocenters. The van der Waals surface area contributed by atoms with Crippen LogP contribution in [0.15, 0.2) is 48.5 Å². The molecule has 0 N–H and O–H groups in total. The van der Waals surface area contributed by atoms with Crippen LogP contribution in [0.5, 0.6) is 11.5 Å². The first-order valence-electron chi connectivity index (χ1n) is 10.7. The Balaban J connectivity index is 1.79. The van der Waals surface area contributed by atoms with Gasteiger partial charge in [0.15, 0.2) is 0 Å². The first-order valence-corrected chi connectivity index (χ1v) is 10.7. The molecular formula is C26H30O4. The molecule has 30 heavy (non-hydrogen) atoms. The van der Waals surface area contributed by atoms with Gasteiger partial charge in [-0.05, 0) is 61.1 Å². The zero-order valence-corrected chi connectivity index (χ0v) is 17.9. The molecule has 0 amide bonds. The van der Waals surface area contributed by atoms with E-state index in [2.05, 4.69) is 25.7 Å². The van der Waals surface area contributed by atoms with Gasteiger partial charge in [0.05, 0.1) is 0 Å². The van der Waals surface area contributed by atoms with Crippen molar-refractivity contribution >= 4 is 11.9 Å². The van der Waals surface area contributed by atoms with Crippen LogP contribution in [-0.2, 0) is 22.4 Å². The molecule has 0 saturated carbocycles. The van der Waals surface area contributed by atoms with Crippen LogP contribution in [0.2, 0.25) is 0 Å². The van der Waals surface area contributed by atoms with E-state index in [0.29, 0.717) is 11.5 Å². The summed E-state index contributed by atoms with van der Waals surface area (Å²) in [5.41, 5.74) is 2.41. The number of benzene rings is 2. The van der Waals surface area contributed by atoms with Crippen molar-refractivity contribution in [1.29, 1.82) is 0 Å². The highest BCUT2D eigenvalue weighted by Crippen LogP contribution is 2.15. The van der Waals surface area contributed by atoms with Gasteiger partial charge < -0.3 is 9.47 Å².